The van der Waals surface area contributed by atoms with Crippen LogP contribution in [0.3, 0.4) is 0 Å². The molecule has 0 radical (unpaired) electrons. The first-order chi connectivity index (χ1) is 13.3. The van der Waals surface area contributed by atoms with Crippen LogP contribution in [0.25, 0.3) is 11.9 Å². The van der Waals surface area contributed by atoms with Crippen molar-refractivity contribution in [3.8, 4) is 0 Å². The Balaban J connectivity index is 0.00000205. The third-order valence-electron chi connectivity index (χ3n) is 5.11. The summed E-state index contributed by atoms with van der Waals surface area (Å²) in [7, 11) is 0. The topological polar surface area (TPSA) is 70.2 Å². The number of hydrogen-bond acceptors (Lipinski definition) is 4. The number of fused-ring (bicyclic) bond motifs is 2. The van der Waals surface area contributed by atoms with Crippen LogP contribution in [0.2, 0.25) is 0 Å². The molecule has 5 rings (SSSR count). The van der Waals surface area contributed by atoms with Crippen molar-refractivity contribution < 1.29 is 28.1 Å². The number of rotatable bonds is 2. The van der Waals surface area contributed by atoms with E-state index in [1.807, 2.05) is 11.1 Å². The van der Waals surface area contributed by atoms with E-state index in [1.165, 1.54) is 23.2 Å². The first kappa shape index (κ1) is 19.1. The van der Waals surface area contributed by atoms with Crippen LogP contribution in [0, 0.1) is 5.82 Å². The number of halogens is 4. The fourth-order valence-corrected chi connectivity index (χ4v) is 3.61. The smallest absolute Gasteiger partial charge is 0.416 e. The van der Waals surface area contributed by atoms with Gasteiger partial charge in [0.1, 0.15) is 11.5 Å². The molecule has 4 N–H and O–H groups in total. The lowest BCUT2D eigenvalue weighted by Gasteiger charge is -2.24. The number of benzene rings is 2. The number of hydrazine groups is 1. The molecule has 0 unspecified atom stereocenters. The summed E-state index contributed by atoms with van der Waals surface area (Å²) in [5.41, 5.74) is 3.34. The van der Waals surface area contributed by atoms with Crippen molar-refractivity contribution in [2.24, 2.45) is 0 Å². The Morgan fingerprint density at radius 3 is 2.34 bits per heavy atom. The molecule has 3 aliphatic rings. The fraction of sp³-hybridized carbons (Fsp3) is 0.200. The summed E-state index contributed by atoms with van der Waals surface area (Å²) in [4.78, 5) is 1.91. The van der Waals surface area contributed by atoms with Crippen molar-refractivity contribution in [2.75, 3.05) is 5.01 Å². The molecule has 5 nitrogen and oxygen atoms in total. The second-order valence-electron chi connectivity index (χ2n) is 7.01. The van der Waals surface area contributed by atoms with Crippen molar-refractivity contribution in [2.45, 2.75) is 25.1 Å². The van der Waals surface area contributed by atoms with Gasteiger partial charge in [0.15, 0.2) is 0 Å². The van der Waals surface area contributed by atoms with Crippen LogP contribution in [0.1, 0.15) is 18.4 Å². The normalized spacial score (nSPS) is 18.0. The van der Waals surface area contributed by atoms with E-state index in [-0.39, 0.29) is 17.4 Å². The van der Waals surface area contributed by atoms with Crippen molar-refractivity contribution in [1.29, 1.82) is 0 Å². The van der Waals surface area contributed by atoms with Crippen molar-refractivity contribution in [3.05, 3.63) is 75.9 Å². The highest BCUT2D eigenvalue weighted by Gasteiger charge is 2.40. The summed E-state index contributed by atoms with van der Waals surface area (Å²) in [6.07, 6.45) is -0.736. The molecule has 1 aliphatic carbocycles. The molecule has 0 atom stereocenters. The van der Waals surface area contributed by atoms with Gasteiger partial charge in [-0.3, -0.25) is 5.43 Å². The largest absolute Gasteiger partial charge is 0.492 e. The van der Waals surface area contributed by atoms with Gasteiger partial charge in [0.2, 0.25) is 5.88 Å². The second-order valence-corrected chi connectivity index (χ2v) is 7.01. The maximum Gasteiger partial charge on any atom is 0.416 e. The van der Waals surface area contributed by atoms with E-state index >= 15 is 0 Å². The van der Waals surface area contributed by atoms with Crippen LogP contribution in [0.4, 0.5) is 23.2 Å². The third-order valence-corrected chi connectivity index (χ3v) is 5.11. The standard InChI is InChI=1S/C20H15F4N3O.H2O/c21-15-3-1-2-11-10-26(13-8-9-13)18-17(16(11)15)25-27(19(18)28)14-6-4-12(5-7-14)20(22,23)24;/h1-7,10,13,25,28H,8-9H2;1H2. The number of anilines is 1. The van der Waals surface area contributed by atoms with E-state index in [0.29, 0.717) is 27.5 Å². The molecular formula is C20H17F4N3O2. The summed E-state index contributed by atoms with van der Waals surface area (Å²) < 4.78 is 53.0. The fourth-order valence-electron chi connectivity index (χ4n) is 3.61. The lowest BCUT2D eigenvalue weighted by molar-refractivity contribution is -0.137. The predicted molar refractivity (Wildman–Crippen MR) is 98.7 cm³/mol. The second kappa shape index (κ2) is 6.41. The van der Waals surface area contributed by atoms with Crippen molar-refractivity contribution in [3.63, 3.8) is 0 Å². The predicted octanol–water partition coefficient (Wildman–Crippen LogP) is 2.10. The lowest BCUT2D eigenvalue weighted by Crippen LogP contribution is -2.43. The number of nitrogens with one attached hydrogen (secondary N) is 1. The first-order valence-corrected chi connectivity index (χ1v) is 8.81. The van der Waals surface area contributed by atoms with Gasteiger partial charge in [0.05, 0.1) is 16.9 Å². The van der Waals surface area contributed by atoms with E-state index in [9.17, 15) is 22.7 Å². The molecule has 29 heavy (non-hydrogen) atoms. The zero-order valence-corrected chi connectivity index (χ0v) is 15.0. The molecular weight excluding hydrogens is 390 g/mol. The van der Waals surface area contributed by atoms with Crippen LogP contribution in [0.15, 0.2) is 54.0 Å². The average molecular weight is 407 g/mol. The van der Waals surface area contributed by atoms with Gasteiger partial charge in [-0.1, -0.05) is 12.1 Å². The Labute approximate surface area is 162 Å². The SMILES string of the molecule is O.OC1=C2C(=c3c(F)cccc3=CN2C2CC2)NN1c1ccc(C(F)(F)F)cc1. The highest BCUT2D eigenvalue weighted by Crippen LogP contribution is 2.39. The summed E-state index contributed by atoms with van der Waals surface area (Å²) in [6, 6.07) is 9.36. The van der Waals surface area contributed by atoms with Gasteiger partial charge in [-0.25, -0.2) is 9.40 Å². The van der Waals surface area contributed by atoms with Crippen LogP contribution in [0.5, 0.6) is 0 Å². The number of aliphatic hydroxyl groups excluding tert-OH is 1. The number of alkyl halides is 3. The molecule has 2 aliphatic heterocycles. The van der Waals surface area contributed by atoms with Crippen LogP contribution < -0.4 is 20.9 Å². The molecule has 0 aromatic heterocycles. The summed E-state index contributed by atoms with van der Waals surface area (Å²) in [5.74, 6) is -0.613. The van der Waals surface area contributed by atoms with E-state index in [0.717, 1.165) is 25.0 Å². The van der Waals surface area contributed by atoms with Crippen LogP contribution in [-0.4, -0.2) is 21.5 Å². The van der Waals surface area contributed by atoms with Gasteiger partial charge in [0, 0.05) is 22.7 Å². The number of nitrogens with zero attached hydrogens (tertiary/aromatic N) is 2. The first-order valence-electron chi connectivity index (χ1n) is 8.81. The van der Waals surface area contributed by atoms with Crippen molar-refractivity contribution in [1.82, 2.24) is 10.3 Å². The van der Waals surface area contributed by atoms with Gasteiger partial charge in [0.25, 0.3) is 0 Å². The van der Waals surface area contributed by atoms with Gasteiger partial charge in [-0.2, -0.15) is 13.2 Å². The molecule has 9 heteroatoms. The average Bonchev–Trinajstić information content (AvgIpc) is 3.44. The van der Waals surface area contributed by atoms with E-state index in [1.54, 1.807) is 12.1 Å². The number of aliphatic hydroxyl groups is 1. The van der Waals surface area contributed by atoms with Crippen molar-refractivity contribution >= 4 is 17.6 Å². The molecule has 0 amide bonds. The Morgan fingerprint density at radius 2 is 1.72 bits per heavy atom. The highest BCUT2D eigenvalue weighted by atomic mass is 19.4. The third kappa shape index (κ3) is 2.98. The molecule has 1 saturated carbocycles. The number of hydrogen-bond donors (Lipinski definition) is 2. The molecule has 0 spiro atoms. The lowest BCUT2D eigenvalue weighted by atomic mass is 10.1. The van der Waals surface area contributed by atoms with Gasteiger partial charge >= 0.3 is 6.18 Å². The molecule has 1 fully saturated rings. The molecule has 0 bridgehead atoms. The minimum absolute atomic E-state index is 0. The molecule has 2 aromatic carbocycles. The molecule has 152 valence electrons. The Hall–Kier alpha value is -3.20. The van der Waals surface area contributed by atoms with Crippen LogP contribution in [-0.2, 0) is 6.18 Å². The zero-order valence-electron chi connectivity index (χ0n) is 15.0. The monoisotopic (exact) mass is 407 g/mol. The molecule has 0 saturated heterocycles. The Bertz CT molecular complexity index is 1120. The summed E-state index contributed by atoms with van der Waals surface area (Å²) in [5, 5.41) is 13.1. The maximum absolute atomic E-state index is 14.5. The van der Waals surface area contributed by atoms with E-state index in [4.69, 9.17) is 0 Å². The molecule has 2 heterocycles. The summed E-state index contributed by atoms with van der Waals surface area (Å²) >= 11 is 0. The van der Waals surface area contributed by atoms with Gasteiger partial charge in [-0.15, -0.1) is 0 Å². The van der Waals surface area contributed by atoms with Crippen LogP contribution >= 0.6 is 0 Å². The zero-order chi connectivity index (χ0) is 19.6. The Kier molecular flexibility index (Phi) is 4.23. The minimum atomic E-state index is -4.44. The van der Waals surface area contributed by atoms with Gasteiger partial charge < -0.3 is 15.5 Å². The molecule has 2 aromatic rings. The van der Waals surface area contributed by atoms with Gasteiger partial charge in [-0.05, 0) is 43.2 Å². The quantitative estimate of drug-likeness (QED) is 0.749. The Morgan fingerprint density at radius 1 is 1.03 bits per heavy atom. The maximum atomic E-state index is 14.5. The minimum Gasteiger partial charge on any atom is -0.492 e. The van der Waals surface area contributed by atoms with E-state index in [2.05, 4.69) is 5.43 Å². The summed E-state index contributed by atoms with van der Waals surface area (Å²) in [6.45, 7) is 0. The van der Waals surface area contributed by atoms with E-state index < -0.39 is 17.6 Å². The highest BCUT2D eigenvalue weighted by molar-refractivity contribution is 5.76.